The van der Waals surface area contributed by atoms with Crippen LogP contribution in [-0.4, -0.2) is 63.2 Å². The van der Waals surface area contributed by atoms with Crippen LogP contribution in [0.15, 0.2) is 22.3 Å². The van der Waals surface area contributed by atoms with Crippen molar-refractivity contribution in [3.8, 4) is 0 Å². The first-order chi connectivity index (χ1) is 12.7. The van der Waals surface area contributed by atoms with Gasteiger partial charge in [0.05, 0.1) is 17.2 Å². The second kappa shape index (κ2) is 7.90. The van der Waals surface area contributed by atoms with Gasteiger partial charge in [-0.1, -0.05) is 20.8 Å². The van der Waals surface area contributed by atoms with Crippen LogP contribution in [0.3, 0.4) is 0 Å². The molecule has 1 fully saturated rings. The standard InChI is InChI=1S/C19H27N5O2S/c1-14-20-15(13-27-14)18(26)23-10-7-22(8-11-23)9-12-24-17(25)6-5-16(21-24)19(2,3)4/h5-6,13H,7-12H2,1-4H3. The summed E-state index contributed by atoms with van der Waals surface area (Å²) >= 11 is 1.50. The van der Waals surface area contributed by atoms with Crippen molar-refractivity contribution in [3.63, 3.8) is 0 Å². The van der Waals surface area contributed by atoms with Gasteiger partial charge in [0.2, 0.25) is 0 Å². The van der Waals surface area contributed by atoms with Crippen molar-refractivity contribution in [2.24, 2.45) is 0 Å². The fourth-order valence-corrected chi connectivity index (χ4v) is 3.63. The molecule has 0 aliphatic carbocycles. The molecule has 7 nitrogen and oxygen atoms in total. The maximum Gasteiger partial charge on any atom is 0.273 e. The van der Waals surface area contributed by atoms with Crippen molar-refractivity contribution in [2.45, 2.75) is 39.7 Å². The van der Waals surface area contributed by atoms with Gasteiger partial charge in [-0.05, 0) is 13.0 Å². The Bertz CT molecular complexity index is 859. The number of thiazole rings is 1. The molecule has 3 rings (SSSR count). The van der Waals surface area contributed by atoms with Gasteiger partial charge in [-0.25, -0.2) is 9.67 Å². The Kier molecular flexibility index (Phi) is 5.76. The molecular weight excluding hydrogens is 362 g/mol. The number of hydrogen-bond donors (Lipinski definition) is 0. The summed E-state index contributed by atoms with van der Waals surface area (Å²) in [7, 11) is 0. The second-order valence-corrected chi connectivity index (χ2v) is 8.98. The van der Waals surface area contributed by atoms with Gasteiger partial charge >= 0.3 is 0 Å². The van der Waals surface area contributed by atoms with Gasteiger partial charge in [0.25, 0.3) is 11.5 Å². The molecule has 146 valence electrons. The third-order valence-electron chi connectivity index (χ3n) is 4.76. The van der Waals surface area contributed by atoms with Crippen LogP contribution in [0.4, 0.5) is 0 Å². The van der Waals surface area contributed by atoms with Crippen molar-refractivity contribution < 1.29 is 4.79 Å². The Morgan fingerprint density at radius 2 is 1.85 bits per heavy atom. The SMILES string of the molecule is Cc1nc(C(=O)N2CCN(CCn3nc(C(C)(C)C)ccc3=O)CC2)cs1. The van der Waals surface area contributed by atoms with E-state index in [2.05, 4.69) is 35.8 Å². The fraction of sp³-hybridized carbons (Fsp3) is 0.579. The molecule has 0 saturated carbocycles. The normalized spacial score (nSPS) is 15.9. The lowest BCUT2D eigenvalue weighted by Gasteiger charge is -2.34. The Balaban J connectivity index is 1.54. The zero-order valence-corrected chi connectivity index (χ0v) is 17.3. The van der Waals surface area contributed by atoms with Crippen LogP contribution in [0.5, 0.6) is 0 Å². The van der Waals surface area contributed by atoms with Crippen molar-refractivity contribution >= 4 is 17.2 Å². The minimum absolute atomic E-state index is 0.00904. The maximum atomic E-state index is 12.5. The predicted molar refractivity (Wildman–Crippen MR) is 106 cm³/mol. The van der Waals surface area contributed by atoms with E-state index in [1.54, 1.807) is 10.7 Å². The Labute approximate surface area is 163 Å². The molecule has 0 unspecified atom stereocenters. The van der Waals surface area contributed by atoms with Crippen LogP contribution in [0.2, 0.25) is 0 Å². The Morgan fingerprint density at radius 1 is 1.15 bits per heavy atom. The van der Waals surface area contributed by atoms with E-state index in [4.69, 9.17) is 0 Å². The molecule has 27 heavy (non-hydrogen) atoms. The molecule has 8 heteroatoms. The number of hydrogen-bond acceptors (Lipinski definition) is 6. The van der Waals surface area contributed by atoms with Gasteiger partial charge in [-0.2, -0.15) is 5.10 Å². The smallest absolute Gasteiger partial charge is 0.273 e. The van der Waals surface area contributed by atoms with E-state index in [9.17, 15) is 9.59 Å². The zero-order chi connectivity index (χ0) is 19.6. The lowest BCUT2D eigenvalue weighted by Crippen LogP contribution is -2.49. The highest BCUT2D eigenvalue weighted by Crippen LogP contribution is 2.18. The first-order valence-corrected chi connectivity index (χ1v) is 10.1. The molecule has 1 amide bonds. The summed E-state index contributed by atoms with van der Waals surface area (Å²) in [6, 6.07) is 3.41. The Hall–Kier alpha value is -2.06. The first-order valence-electron chi connectivity index (χ1n) is 9.26. The van der Waals surface area contributed by atoms with Crippen molar-refractivity contribution in [1.82, 2.24) is 24.6 Å². The molecule has 1 saturated heterocycles. The number of aromatic nitrogens is 3. The molecule has 0 radical (unpaired) electrons. The molecule has 0 spiro atoms. The van der Waals surface area contributed by atoms with Gasteiger partial charge in [0.15, 0.2) is 0 Å². The summed E-state index contributed by atoms with van der Waals surface area (Å²) in [6.07, 6.45) is 0. The highest BCUT2D eigenvalue weighted by molar-refractivity contribution is 7.09. The lowest BCUT2D eigenvalue weighted by molar-refractivity contribution is 0.0626. The summed E-state index contributed by atoms with van der Waals surface area (Å²) in [6.45, 7) is 12.4. The number of nitrogens with zero attached hydrogens (tertiary/aromatic N) is 5. The number of piperazine rings is 1. The quantitative estimate of drug-likeness (QED) is 0.797. The van der Waals surface area contributed by atoms with Crippen molar-refractivity contribution in [3.05, 3.63) is 44.3 Å². The third-order valence-corrected chi connectivity index (χ3v) is 5.53. The van der Waals surface area contributed by atoms with Crippen molar-refractivity contribution in [1.29, 1.82) is 0 Å². The fourth-order valence-electron chi connectivity index (χ4n) is 3.04. The predicted octanol–water partition coefficient (Wildman–Crippen LogP) is 1.76. The van der Waals surface area contributed by atoms with Crippen LogP contribution < -0.4 is 5.56 Å². The molecule has 1 aliphatic rings. The molecule has 1 aliphatic heterocycles. The average Bonchev–Trinajstić information content (AvgIpc) is 3.06. The van der Waals surface area contributed by atoms with Crippen LogP contribution >= 0.6 is 11.3 Å². The second-order valence-electron chi connectivity index (χ2n) is 7.92. The molecule has 2 aromatic rings. The van der Waals surface area contributed by atoms with Crippen molar-refractivity contribution in [2.75, 3.05) is 32.7 Å². The number of carbonyl (C=O) groups is 1. The van der Waals surface area contributed by atoms with E-state index in [0.717, 1.165) is 30.3 Å². The molecule has 0 aromatic carbocycles. The molecule has 0 N–H and O–H groups in total. The van der Waals surface area contributed by atoms with E-state index in [1.807, 2.05) is 23.3 Å². The van der Waals surface area contributed by atoms with Gasteiger partial charge in [0, 0.05) is 49.6 Å². The average molecular weight is 390 g/mol. The Morgan fingerprint density at radius 3 is 2.44 bits per heavy atom. The summed E-state index contributed by atoms with van der Waals surface area (Å²) in [5, 5.41) is 7.25. The van der Waals surface area contributed by atoms with Gasteiger partial charge in [-0.15, -0.1) is 11.3 Å². The van der Waals surface area contributed by atoms with E-state index in [0.29, 0.717) is 25.3 Å². The largest absolute Gasteiger partial charge is 0.335 e. The minimum atomic E-state index is -0.0878. The van der Waals surface area contributed by atoms with E-state index < -0.39 is 0 Å². The maximum absolute atomic E-state index is 12.5. The van der Waals surface area contributed by atoms with E-state index >= 15 is 0 Å². The number of aryl methyl sites for hydroxylation is 1. The highest BCUT2D eigenvalue weighted by Gasteiger charge is 2.23. The molecule has 3 heterocycles. The molecule has 0 bridgehead atoms. The number of carbonyl (C=O) groups excluding carboxylic acids is 1. The van der Waals surface area contributed by atoms with E-state index in [1.165, 1.54) is 11.3 Å². The number of amides is 1. The van der Waals surface area contributed by atoms with Gasteiger partial charge in [0.1, 0.15) is 5.69 Å². The lowest BCUT2D eigenvalue weighted by atomic mass is 9.92. The molecule has 0 atom stereocenters. The first kappa shape index (κ1) is 19.7. The summed E-state index contributed by atoms with van der Waals surface area (Å²) in [4.78, 5) is 33.0. The summed E-state index contributed by atoms with van der Waals surface area (Å²) < 4.78 is 1.55. The van der Waals surface area contributed by atoms with Gasteiger partial charge in [-0.3, -0.25) is 14.5 Å². The monoisotopic (exact) mass is 389 g/mol. The molecular formula is C19H27N5O2S. The third kappa shape index (κ3) is 4.81. The topological polar surface area (TPSA) is 71.3 Å². The van der Waals surface area contributed by atoms with Crippen LogP contribution in [0.1, 0.15) is 42.0 Å². The molecule has 2 aromatic heterocycles. The van der Waals surface area contributed by atoms with Crippen LogP contribution in [0, 0.1) is 6.92 Å². The summed E-state index contributed by atoms with van der Waals surface area (Å²) in [5.74, 6) is 0.00904. The van der Waals surface area contributed by atoms with E-state index in [-0.39, 0.29) is 16.9 Å². The van der Waals surface area contributed by atoms with Crippen LogP contribution in [0.25, 0.3) is 0 Å². The van der Waals surface area contributed by atoms with Crippen LogP contribution in [-0.2, 0) is 12.0 Å². The minimum Gasteiger partial charge on any atom is -0.335 e. The summed E-state index contributed by atoms with van der Waals surface area (Å²) in [5.41, 5.74) is 1.29. The van der Waals surface area contributed by atoms with Gasteiger partial charge < -0.3 is 4.90 Å². The number of rotatable bonds is 4. The highest BCUT2D eigenvalue weighted by atomic mass is 32.1. The zero-order valence-electron chi connectivity index (χ0n) is 16.4.